The number of benzene rings is 2. The number of carbonyl (C=O) groups is 2. The zero-order chi connectivity index (χ0) is 24.4. The monoisotopic (exact) mass is 480 g/mol. The number of hydrogen-bond acceptors (Lipinski definition) is 6. The Morgan fingerprint density at radius 1 is 0.800 bits per heavy atom. The lowest BCUT2D eigenvalue weighted by molar-refractivity contribution is -0.140. The molecule has 0 bridgehead atoms. The molecule has 1 aliphatic carbocycles. The summed E-state index contributed by atoms with van der Waals surface area (Å²) >= 11 is 0. The van der Waals surface area contributed by atoms with Gasteiger partial charge >= 0.3 is 0 Å². The maximum absolute atomic E-state index is 14.0. The van der Waals surface area contributed by atoms with Gasteiger partial charge in [0.05, 0.1) is 19.6 Å². The summed E-state index contributed by atoms with van der Waals surface area (Å²) < 4.78 is 21.7. The van der Waals surface area contributed by atoms with Crippen molar-refractivity contribution in [1.29, 1.82) is 0 Å². The molecule has 2 heterocycles. The maximum atomic E-state index is 14.0. The van der Waals surface area contributed by atoms with Crippen LogP contribution in [0.25, 0.3) is 0 Å². The topological polar surface area (TPSA) is 77.5 Å². The molecule has 0 aromatic heterocycles. The molecule has 35 heavy (non-hydrogen) atoms. The van der Waals surface area contributed by atoms with E-state index in [2.05, 4.69) is 0 Å². The Morgan fingerprint density at radius 3 is 2.09 bits per heavy atom. The third kappa shape index (κ3) is 4.37. The molecule has 2 fully saturated rings. The second-order valence-corrected chi connectivity index (χ2v) is 9.40. The first-order valence-electron chi connectivity index (χ1n) is 12.3. The summed E-state index contributed by atoms with van der Waals surface area (Å²) in [6.45, 7) is 2.22. The van der Waals surface area contributed by atoms with Crippen LogP contribution in [-0.4, -0.2) is 68.8 Å². The molecule has 2 aliphatic heterocycles. The van der Waals surface area contributed by atoms with Crippen LogP contribution in [0.4, 0.5) is 0 Å². The molecule has 8 heteroatoms. The number of carbonyl (C=O) groups excluding carboxylic acids is 2. The number of fused-ring (bicyclic) bond motifs is 1. The van der Waals surface area contributed by atoms with E-state index in [1.807, 2.05) is 23.1 Å². The van der Waals surface area contributed by atoms with Gasteiger partial charge in [0, 0.05) is 37.8 Å². The average Bonchev–Trinajstić information content (AvgIpc) is 3.40. The Hall–Kier alpha value is -3.42. The number of piperazine rings is 1. The van der Waals surface area contributed by atoms with Crippen LogP contribution in [0.1, 0.15) is 48.0 Å². The molecule has 5 rings (SSSR count). The van der Waals surface area contributed by atoms with Gasteiger partial charge in [-0.2, -0.15) is 0 Å². The second-order valence-electron chi connectivity index (χ2n) is 9.40. The van der Waals surface area contributed by atoms with E-state index in [0.717, 1.165) is 43.4 Å². The summed E-state index contributed by atoms with van der Waals surface area (Å²) in [5.41, 5.74) is 0.976. The minimum Gasteiger partial charge on any atom is -0.497 e. The minimum atomic E-state index is -0.550. The fourth-order valence-corrected chi connectivity index (χ4v) is 5.50. The van der Waals surface area contributed by atoms with Crippen molar-refractivity contribution in [3.63, 3.8) is 0 Å². The van der Waals surface area contributed by atoms with Crippen LogP contribution in [0.3, 0.4) is 0 Å². The van der Waals surface area contributed by atoms with Gasteiger partial charge in [-0.3, -0.25) is 9.59 Å². The summed E-state index contributed by atoms with van der Waals surface area (Å²) in [6, 6.07) is 11.1. The Morgan fingerprint density at radius 2 is 1.43 bits per heavy atom. The fraction of sp³-hybridized carbons (Fsp3) is 0.481. The normalized spacial score (nSPS) is 18.8. The number of amides is 2. The molecule has 0 radical (unpaired) electrons. The Labute approximate surface area is 205 Å². The van der Waals surface area contributed by atoms with Crippen molar-refractivity contribution in [3.8, 4) is 23.0 Å². The lowest BCUT2D eigenvalue weighted by Gasteiger charge is -2.43. The second kappa shape index (κ2) is 9.68. The van der Waals surface area contributed by atoms with Gasteiger partial charge in [0.1, 0.15) is 11.5 Å². The SMILES string of the molecule is COc1cc(OC)cc(C(=O)N2CCN(C(=O)C3(c4ccc5c(c4)OCO5)CCCCC3)CC2)c1. The van der Waals surface area contributed by atoms with Crippen LogP contribution in [0, 0.1) is 0 Å². The number of methoxy groups -OCH3 is 2. The van der Waals surface area contributed by atoms with E-state index in [1.165, 1.54) is 0 Å². The molecule has 3 aliphatic rings. The molecule has 0 atom stereocenters. The molecule has 0 unspecified atom stereocenters. The van der Waals surface area contributed by atoms with Crippen molar-refractivity contribution >= 4 is 11.8 Å². The van der Waals surface area contributed by atoms with Gasteiger partial charge < -0.3 is 28.7 Å². The first-order chi connectivity index (χ1) is 17.0. The summed E-state index contributed by atoms with van der Waals surface area (Å²) in [5, 5.41) is 0. The predicted octanol–water partition coefficient (Wildman–Crippen LogP) is 3.62. The highest BCUT2D eigenvalue weighted by Crippen LogP contribution is 2.44. The summed E-state index contributed by atoms with van der Waals surface area (Å²) in [7, 11) is 3.13. The predicted molar refractivity (Wildman–Crippen MR) is 129 cm³/mol. The third-order valence-corrected chi connectivity index (χ3v) is 7.49. The highest BCUT2D eigenvalue weighted by Gasteiger charge is 2.45. The lowest BCUT2D eigenvalue weighted by Crippen LogP contribution is -2.56. The highest BCUT2D eigenvalue weighted by atomic mass is 16.7. The van der Waals surface area contributed by atoms with Gasteiger partial charge in [0.25, 0.3) is 5.91 Å². The van der Waals surface area contributed by atoms with E-state index in [4.69, 9.17) is 18.9 Å². The van der Waals surface area contributed by atoms with Crippen LogP contribution in [0.2, 0.25) is 0 Å². The molecule has 0 N–H and O–H groups in total. The van der Waals surface area contributed by atoms with E-state index in [-0.39, 0.29) is 18.6 Å². The van der Waals surface area contributed by atoms with Gasteiger partial charge in [-0.1, -0.05) is 25.3 Å². The summed E-state index contributed by atoms with van der Waals surface area (Å²) in [4.78, 5) is 30.9. The van der Waals surface area contributed by atoms with E-state index in [1.54, 1.807) is 37.3 Å². The smallest absolute Gasteiger partial charge is 0.254 e. The van der Waals surface area contributed by atoms with Gasteiger partial charge in [-0.15, -0.1) is 0 Å². The van der Waals surface area contributed by atoms with Crippen LogP contribution in [0.15, 0.2) is 36.4 Å². The largest absolute Gasteiger partial charge is 0.497 e. The first kappa shape index (κ1) is 23.3. The van der Waals surface area contributed by atoms with Crippen LogP contribution >= 0.6 is 0 Å². The van der Waals surface area contributed by atoms with Crippen molar-refractivity contribution in [3.05, 3.63) is 47.5 Å². The average molecular weight is 481 g/mol. The molecular weight excluding hydrogens is 448 g/mol. The van der Waals surface area contributed by atoms with E-state index < -0.39 is 5.41 Å². The van der Waals surface area contributed by atoms with Gasteiger partial charge in [0.15, 0.2) is 11.5 Å². The molecule has 2 aromatic carbocycles. The zero-order valence-corrected chi connectivity index (χ0v) is 20.4. The van der Waals surface area contributed by atoms with Crippen LogP contribution in [-0.2, 0) is 10.2 Å². The van der Waals surface area contributed by atoms with Gasteiger partial charge in [-0.25, -0.2) is 0 Å². The minimum absolute atomic E-state index is 0.0857. The van der Waals surface area contributed by atoms with Crippen molar-refractivity contribution in [2.45, 2.75) is 37.5 Å². The number of nitrogens with zero attached hydrogens (tertiary/aromatic N) is 2. The highest BCUT2D eigenvalue weighted by molar-refractivity contribution is 5.95. The molecule has 0 spiro atoms. The van der Waals surface area contributed by atoms with Crippen LogP contribution in [0.5, 0.6) is 23.0 Å². The summed E-state index contributed by atoms with van der Waals surface area (Å²) in [5.74, 6) is 2.66. The van der Waals surface area contributed by atoms with Gasteiger partial charge in [0.2, 0.25) is 12.7 Å². The molecule has 1 saturated carbocycles. The number of hydrogen-bond donors (Lipinski definition) is 0. The van der Waals surface area contributed by atoms with Crippen molar-refractivity contribution < 1.29 is 28.5 Å². The van der Waals surface area contributed by atoms with E-state index >= 15 is 0 Å². The van der Waals surface area contributed by atoms with Crippen molar-refractivity contribution in [2.75, 3.05) is 47.2 Å². The third-order valence-electron chi connectivity index (χ3n) is 7.49. The maximum Gasteiger partial charge on any atom is 0.254 e. The Balaban J connectivity index is 1.32. The number of ether oxygens (including phenoxy) is 4. The Kier molecular flexibility index (Phi) is 6.45. The quantitative estimate of drug-likeness (QED) is 0.651. The Bertz CT molecular complexity index is 1080. The van der Waals surface area contributed by atoms with Crippen molar-refractivity contribution in [2.24, 2.45) is 0 Å². The van der Waals surface area contributed by atoms with E-state index in [9.17, 15) is 9.59 Å². The first-order valence-corrected chi connectivity index (χ1v) is 12.3. The summed E-state index contributed by atoms with van der Waals surface area (Å²) in [6.07, 6.45) is 4.85. The van der Waals surface area contributed by atoms with Gasteiger partial charge in [-0.05, 0) is 42.7 Å². The molecule has 186 valence electrons. The zero-order valence-electron chi connectivity index (χ0n) is 20.4. The number of rotatable bonds is 5. The molecular formula is C27H32N2O6. The molecule has 2 aromatic rings. The molecule has 2 amide bonds. The van der Waals surface area contributed by atoms with Crippen LogP contribution < -0.4 is 18.9 Å². The fourth-order valence-electron chi connectivity index (χ4n) is 5.50. The molecule has 1 saturated heterocycles. The van der Waals surface area contributed by atoms with E-state index in [0.29, 0.717) is 49.0 Å². The lowest BCUT2D eigenvalue weighted by atomic mass is 9.68. The standard InChI is InChI=1S/C27H32N2O6/c1-32-21-14-19(15-22(17-21)33-2)25(30)28-10-12-29(13-11-28)26(31)27(8-4-3-5-9-27)20-6-7-23-24(16-20)35-18-34-23/h6-7,14-17H,3-5,8-13,18H2,1-2H3. The van der Waals surface area contributed by atoms with Crippen molar-refractivity contribution in [1.82, 2.24) is 9.80 Å². The molecule has 8 nitrogen and oxygen atoms in total.